The summed E-state index contributed by atoms with van der Waals surface area (Å²) in [6, 6.07) is 3.33. The van der Waals surface area contributed by atoms with E-state index in [9.17, 15) is 0 Å². The molecule has 236 valence electrons. The van der Waals surface area contributed by atoms with Gasteiger partial charge in [0.25, 0.3) is 0 Å². The van der Waals surface area contributed by atoms with E-state index >= 15 is 0 Å². The lowest BCUT2D eigenvalue weighted by molar-refractivity contribution is 0.216. The van der Waals surface area contributed by atoms with E-state index in [1.54, 1.807) is 0 Å². The Balaban J connectivity index is 6.19. The van der Waals surface area contributed by atoms with Crippen LogP contribution in [0.2, 0.25) is 103 Å². The van der Waals surface area contributed by atoms with E-state index in [-0.39, 0.29) is 0 Å². The van der Waals surface area contributed by atoms with Crippen molar-refractivity contribution in [1.29, 1.82) is 0 Å². The summed E-state index contributed by atoms with van der Waals surface area (Å²) in [4.78, 5) is 0. The zero-order valence-electron chi connectivity index (χ0n) is 28.0. The SMILES string of the molecule is CC(S)CC[Si](C)(C)O[Si](C)(C)O[Si](C)(O[Si](C)(C)O[Si](C)(C)CCC(C)S)O[Si](C)(C)[Si](C)(C)CCCS. The summed E-state index contributed by atoms with van der Waals surface area (Å²) in [5, 5.41) is 0.742. The van der Waals surface area contributed by atoms with E-state index in [0.29, 0.717) is 10.5 Å². The molecule has 0 saturated heterocycles. The molecule has 0 rings (SSSR count). The molecule has 0 aromatic heterocycles. The van der Waals surface area contributed by atoms with Crippen LogP contribution in [0.15, 0.2) is 0 Å². The maximum absolute atomic E-state index is 7.27. The van der Waals surface area contributed by atoms with Gasteiger partial charge >= 0.3 is 25.9 Å². The van der Waals surface area contributed by atoms with Crippen LogP contribution in [0.3, 0.4) is 0 Å². The molecule has 0 aliphatic carbocycles. The predicted octanol–water partition coefficient (Wildman–Crippen LogP) is 9.18. The van der Waals surface area contributed by atoms with Gasteiger partial charge in [-0.1, -0.05) is 33.0 Å². The highest BCUT2D eigenvalue weighted by atomic mass is 32.1. The van der Waals surface area contributed by atoms with Crippen molar-refractivity contribution in [3.05, 3.63) is 0 Å². The van der Waals surface area contributed by atoms with Crippen LogP contribution in [-0.4, -0.2) is 74.2 Å². The van der Waals surface area contributed by atoms with Crippen LogP contribution >= 0.6 is 37.9 Å². The predicted molar refractivity (Wildman–Crippen MR) is 201 cm³/mol. The van der Waals surface area contributed by atoms with Gasteiger partial charge in [-0.25, -0.2) is 0 Å². The molecule has 0 aromatic carbocycles. The Labute approximate surface area is 267 Å². The largest absolute Gasteiger partial charge is 0.469 e. The summed E-state index contributed by atoms with van der Waals surface area (Å²) < 4.78 is 35.2. The highest BCUT2D eigenvalue weighted by Gasteiger charge is 2.55. The molecule has 0 radical (unpaired) electrons. The van der Waals surface area contributed by atoms with Crippen molar-refractivity contribution in [2.45, 2.75) is 147 Å². The average Bonchev–Trinajstić information content (AvgIpc) is 2.65. The number of rotatable bonds is 20. The summed E-state index contributed by atoms with van der Waals surface area (Å²) in [5.74, 6) is 0.916. The third kappa shape index (κ3) is 17.4. The number of hydrogen-bond acceptors (Lipinski definition) is 8. The van der Waals surface area contributed by atoms with Crippen molar-refractivity contribution in [3.8, 4) is 0 Å². The fraction of sp³-hybridized carbons (Fsp3) is 1.00. The van der Waals surface area contributed by atoms with Gasteiger partial charge in [0.05, 0.1) is 7.59 Å². The maximum Gasteiger partial charge on any atom is 0.469 e. The highest BCUT2D eigenvalue weighted by Crippen LogP contribution is 2.35. The minimum Gasteiger partial charge on any atom is -0.436 e. The van der Waals surface area contributed by atoms with Crippen molar-refractivity contribution in [2.24, 2.45) is 0 Å². The summed E-state index contributed by atoms with van der Waals surface area (Å²) in [5.41, 5.74) is 0. The van der Waals surface area contributed by atoms with E-state index in [1.807, 2.05) is 0 Å². The van der Waals surface area contributed by atoms with E-state index in [4.69, 9.17) is 20.6 Å². The molecular formula is C24H64O5S3Si7. The summed E-state index contributed by atoms with van der Waals surface area (Å²) >= 11 is 13.7. The fourth-order valence-corrected chi connectivity index (χ4v) is 42.7. The Morgan fingerprint density at radius 2 is 0.897 bits per heavy atom. The molecule has 0 amide bonds. The molecule has 0 heterocycles. The van der Waals surface area contributed by atoms with Crippen LogP contribution in [0.1, 0.15) is 33.1 Å². The molecule has 0 bridgehead atoms. The lowest BCUT2D eigenvalue weighted by atomic mass is 10.4. The lowest BCUT2D eigenvalue weighted by Crippen LogP contribution is -2.68. The zero-order valence-corrected chi connectivity index (χ0v) is 37.7. The fourth-order valence-electron chi connectivity index (χ4n) is 4.97. The van der Waals surface area contributed by atoms with Gasteiger partial charge in [-0.3, -0.25) is 0 Å². The van der Waals surface area contributed by atoms with Crippen LogP contribution in [0.5, 0.6) is 0 Å². The number of hydrogen-bond donors (Lipinski definition) is 3. The highest BCUT2D eigenvalue weighted by molar-refractivity contribution is 7.81. The first kappa shape index (κ1) is 41.4. The molecule has 0 saturated carbocycles. The minimum absolute atomic E-state index is 0.371. The molecule has 0 aliphatic heterocycles. The Morgan fingerprint density at radius 1 is 0.538 bits per heavy atom. The molecule has 2 unspecified atom stereocenters. The Bertz CT molecular complexity index is 699. The molecule has 39 heavy (non-hydrogen) atoms. The van der Waals surface area contributed by atoms with Crippen LogP contribution in [0, 0.1) is 0 Å². The second-order valence-corrected chi connectivity index (χ2v) is 51.3. The standard InChI is InChI=1S/C24H64O5S3Si7/c1-23(31)17-21-33(3,4)25-36(9,10)27-39(15,29-38(13,14)35(7,8)20-16-19-30)28-37(11,12)26-34(5,6)22-18-24(2)32/h23-24,30-32H,16-22H2,1-15H3. The normalized spacial score (nSPS) is 17.7. The molecule has 0 N–H and O–H groups in total. The quantitative estimate of drug-likeness (QED) is 0.0864. The maximum atomic E-state index is 7.27. The van der Waals surface area contributed by atoms with Crippen molar-refractivity contribution in [2.75, 3.05) is 5.75 Å². The average molecular weight is 726 g/mol. The van der Waals surface area contributed by atoms with E-state index in [0.717, 1.165) is 37.1 Å². The molecule has 0 spiro atoms. The smallest absolute Gasteiger partial charge is 0.436 e. The van der Waals surface area contributed by atoms with Gasteiger partial charge in [0, 0.05) is 6.55 Å². The Kier molecular flexibility index (Phi) is 17.1. The third-order valence-corrected chi connectivity index (χ3v) is 46.2. The first-order valence-corrected chi connectivity index (χ1v) is 37.5. The van der Waals surface area contributed by atoms with Crippen molar-refractivity contribution >= 4 is 95.9 Å². The monoisotopic (exact) mass is 724 g/mol. The Morgan fingerprint density at radius 3 is 1.21 bits per heavy atom. The third-order valence-electron chi connectivity index (χ3n) is 7.27. The van der Waals surface area contributed by atoms with Gasteiger partial charge in [0.2, 0.25) is 0 Å². The first-order valence-electron chi connectivity index (χ1n) is 14.7. The van der Waals surface area contributed by atoms with Crippen LogP contribution in [0.25, 0.3) is 0 Å². The van der Waals surface area contributed by atoms with Crippen molar-refractivity contribution in [3.63, 3.8) is 0 Å². The van der Waals surface area contributed by atoms with Crippen LogP contribution in [0.4, 0.5) is 0 Å². The molecule has 5 nitrogen and oxygen atoms in total. The van der Waals surface area contributed by atoms with E-state index in [1.165, 1.54) is 6.04 Å². The van der Waals surface area contributed by atoms with Crippen molar-refractivity contribution < 1.29 is 20.6 Å². The first-order chi connectivity index (χ1) is 17.2. The summed E-state index contributed by atoms with van der Waals surface area (Å²) in [6.07, 6.45) is 3.23. The minimum atomic E-state index is -3.13. The molecule has 0 aliphatic rings. The number of thiol groups is 3. The van der Waals surface area contributed by atoms with Crippen LogP contribution < -0.4 is 0 Å². The van der Waals surface area contributed by atoms with E-state index in [2.05, 4.69) is 137 Å². The lowest BCUT2D eigenvalue weighted by Gasteiger charge is -2.48. The molecule has 2 atom stereocenters. The van der Waals surface area contributed by atoms with Gasteiger partial charge in [-0.05, 0) is 113 Å². The van der Waals surface area contributed by atoms with Gasteiger partial charge in [0.1, 0.15) is 0 Å². The zero-order chi connectivity index (χ0) is 31.1. The Hall–Kier alpha value is 2.37. The molecule has 0 fully saturated rings. The van der Waals surface area contributed by atoms with Crippen molar-refractivity contribution in [1.82, 2.24) is 0 Å². The molecule has 0 aromatic rings. The second kappa shape index (κ2) is 16.1. The van der Waals surface area contributed by atoms with Gasteiger partial charge < -0.3 is 20.6 Å². The molecule has 15 heteroatoms. The van der Waals surface area contributed by atoms with E-state index < -0.39 is 58.0 Å². The molecular weight excluding hydrogens is 661 g/mol. The van der Waals surface area contributed by atoms with Gasteiger partial charge in [0.15, 0.2) is 24.5 Å². The second-order valence-electron chi connectivity index (χ2n) is 14.7. The van der Waals surface area contributed by atoms with Gasteiger partial charge in [-0.2, -0.15) is 37.9 Å². The summed E-state index contributed by atoms with van der Waals surface area (Å²) in [6.45, 7) is 34.0. The van der Waals surface area contributed by atoms with Gasteiger partial charge in [-0.15, -0.1) is 0 Å². The van der Waals surface area contributed by atoms with Crippen LogP contribution in [-0.2, 0) is 20.6 Å². The topological polar surface area (TPSA) is 46.2 Å². The summed E-state index contributed by atoms with van der Waals surface area (Å²) in [7, 11) is -16.0.